The molecule has 0 radical (unpaired) electrons. The number of hydrogen-bond donors (Lipinski definition) is 1. The zero-order chi connectivity index (χ0) is 11.4. The summed E-state index contributed by atoms with van der Waals surface area (Å²) in [4.78, 5) is 1.16. The molecule has 1 aromatic rings. The Kier molecular flexibility index (Phi) is 5.10. The number of aliphatic hydroxyl groups is 1. The van der Waals surface area contributed by atoms with Crippen molar-refractivity contribution in [3.63, 3.8) is 0 Å². The molecule has 1 nitrogen and oxygen atoms in total. The highest BCUT2D eigenvalue weighted by atomic mass is 127. The number of aliphatic hydroxyl groups excluding tert-OH is 1. The largest absolute Gasteiger partial charge is 0.388 e. The van der Waals surface area contributed by atoms with Crippen LogP contribution in [0.1, 0.15) is 55.9 Å². The Morgan fingerprint density at radius 1 is 1.38 bits per heavy atom. The molecule has 1 heterocycles. The van der Waals surface area contributed by atoms with Gasteiger partial charge in [-0.1, -0.05) is 32.1 Å². The normalized spacial score (nSPS) is 19.9. The van der Waals surface area contributed by atoms with Crippen molar-refractivity contribution in [2.45, 2.75) is 51.0 Å². The number of hydrogen-bond acceptors (Lipinski definition) is 2. The summed E-state index contributed by atoms with van der Waals surface area (Å²) in [5.74, 6) is 0.876. The fourth-order valence-corrected chi connectivity index (χ4v) is 4.51. The lowest BCUT2D eigenvalue weighted by atomic mass is 9.85. The quantitative estimate of drug-likeness (QED) is 0.778. The molecule has 2 rings (SSSR count). The fourth-order valence-electron chi connectivity index (χ4n) is 2.54. The maximum Gasteiger partial charge on any atom is 0.0892 e. The summed E-state index contributed by atoms with van der Waals surface area (Å²) < 4.78 is 1.22. The molecule has 0 spiro atoms. The van der Waals surface area contributed by atoms with Crippen molar-refractivity contribution in [2.24, 2.45) is 5.92 Å². The van der Waals surface area contributed by atoms with Crippen molar-refractivity contribution in [1.82, 2.24) is 0 Å². The van der Waals surface area contributed by atoms with Gasteiger partial charge in [0.05, 0.1) is 6.10 Å². The third-order valence-electron chi connectivity index (χ3n) is 3.52. The monoisotopic (exact) mass is 350 g/mol. The van der Waals surface area contributed by atoms with E-state index in [9.17, 15) is 5.11 Å². The first-order valence-electron chi connectivity index (χ1n) is 6.18. The minimum absolute atomic E-state index is 0.228. The molecule has 16 heavy (non-hydrogen) atoms. The van der Waals surface area contributed by atoms with Gasteiger partial charge in [-0.25, -0.2) is 0 Å². The van der Waals surface area contributed by atoms with Crippen LogP contribution in [-0.2, 0) is 0 Å². The lowest BCUT2D eigenvalue weighted by molar-refractivity contribution is 0.154. The molecular formula is C13H19IOS. The summed E-state index contributed by atoms with van der Waals surface area (Å²) in [6, 6.07) is 2.09. The Labute approximate surface area is 115 Å². The zero-order valence-corrected chi connectivity index (χ0v) is 12.5. The Hall–Kier alpha value is 0.390. The van der Waals surface area contributed by atoms with Gasteiger partial charge in [0, 0.05) is 8.45 Å². The van der Waals surface area contributed by atoms with Crippen molar-refractivity contribution in [1.29, 1.82) is 0 Å². The minimum Gasteiger partial charge on any atom is -0.388 e. The first kappa shape index (κ1) is 12.8. The van der Waals surface area contributed by atoms with E-state index in [1.807, 2.05) is 0 Å². The molecule has 1 atom stereocenters. The second-order valence-corrected chi connectivity index (χ2v) is 6.84. The van der Waals surface area contributed by atoms with Crippen LogP contribution in [0.5, 0.6) is 0 Å². The van der Waals surface area contributed by atoms with Crippen LogP contribution in [0.4, 0.5) is 0 Å². The topological polar surface area (TPSA) is 20.2 Å². The Morgan fingerprint density at radius 2 is 2.12 bits per heavy atom. The standard InChI is InChI=1S/C13H19IOS/c14-11-8-9-16-13(11)12(15)7-6-10-4-2-1-3-5-10/h8-10,12,15H,1-7H2. The van der Waals surface area contributed by atoms with E-state index >= 15 is 0 Å². The van der Waals surface area contributed by atoms with Crippen LogP contribution in [-0.4, -0.2) is 5.11 Å². The summed E-state index contributed by atoms with van der Waals surface area (Å²) in [6.45, 7) is 0. The Bertz CT molecular complexity index is 317. The van der Waals surface area contributed by atoms with Crippen LogP contribution in [0.3, 0.4) is 0 Å². The van der Waals surface area contributed by atoms with E-state index in [2.05, 4.69) is 34.0 Å². The second-order valence-electron chi connectivity index (χ2n) is 4.73. The Balaban J connectivity index is 1.79. The highest BCUT2D eigenvalue weighted by molar-refractivity contribution is 14.1. The summed E-state index contributed by atoms with van der Waals surface area (Å²) in [6.07, 6.45) is 8.91. The Morgan fingerprint density at radius 3 is 2.75 bits per heavy atom. The summed E-state index contributed by atoms with van der Waals surface area (Å²) in [5, 5.41) is 12.2. The van der Waals surface area contributed by atoms with Gasteiger partial charge in [-0.3, -0.25) is 0 Å². The fraction of sp³-hybridized carbons (Fsp3) is 0.692. The van der Waals surface area contributed by atoms with Crippen LogP contribution in [0.25, 0.3) is 0 Å². The number of halogens is 1. The van der Waals surface area contributed by atoms with Crippen molar-refractivity contribution in [3.05, 3.63) is 19.9 Å². The molecule has 1 saturated carbocycles. The highest BCUT2D eigenvalue weighted by Gasteiger charge is 2.17. The van der Waals surface area contributed by atoms with E-state index in [0.717, 1.165) is 17.2 Å². The highest BCUT2D eigenvalue weighted by Crippen LogP contribution is 2.33. The SMILES string of the molecule is OC(CCC1CCCCC1)c1sccc1I. The molecule has 0 amide bonds. The maximum atomic E-state index is 10.1. The number of thiophene rings is 1. The molecule has 90 valence electrons. The first-order chi connectivity index (χ1) is 7.77. The van der Waals surface area contributed by atoms with Gasteiger partial charge in [0.15, 0.2) is 0 Å². The van der Waals surface area contributed by atoms with Gasteiger partial charge < -0.3 is 5.11 Å². The zero-order valence-electron chi connectivity index (χ0n) is 9.49. The predicted octanol–water partition coefficient (Wildman–Crippen LogP) is 4.75. The average Bonchev–Trinajstić information content (AvgIpc) is 2.74. The van der Waals surface area contributed by atoms with Gasteiger partial charge in [0.25, 0.3) is 0 Å². The lowest BCUT2D eigenvalue weighted by Crippen LogP contribution is -2.08. The van der Waals surface area contributed by atoms with E-state index < -0.39 is 0 Å². The van der Waals surface area contributed by atoms with Crippen LogP contribution >= 0.6 is 33.9 Å². The molecule has 0 aromatic carbocycles. The third kappa shape index (κ3) is 3.44. The van der Waals surface area contributed by atoms with Gasteiger partial charge in [-0.15, -0.1) is 11.3 Å². The molecule has 1 N–H and O–H groups in total. The van der Waals surface area contributed by atoms with E-state index in [1.165, 1.54) is 42.1 Å². The van der Waals surface area contributed by atoms with Crippen molar-refractivity contribution in [2.75, 3.05) is 0 Å². The lowest BCUT2D eigenvalue weighted by Gasteiger charge is -2.22. The molecule has 1 aliphatic rings. The first-order valence-corrected chi connectivity index (χ1v) is 8.14. The molecule has 1 aromatic heterocycles. The van der Waals surface area contributed by atoms with Crippen molar-refractivity contribution < 1.29 is 5.11 Å². The van der Waals surface area contributed by atoms with Crippen molar-refractivity contribution >= 4 is 33.9 Å². The van der Waals surface area contributed by atoms with E-state index in [-0.39, 0.29) is 6.10 Å². The molecule has 3 heteroatoms. The van der Waals surface area contributed by atoms with Crippen molar-refractivity contribution in [3.8, 4) is 0 Å². The van der Waals surface area contributed by atoms with Crippen LogP contribution in [0.15, 0.2) is 11.4 Å². The molecule has 0 bridgehead atoms. The molecule has 0 saturated heterocycles. The van der Waals surface area contributed by atoms with Crippen LogP contribution in [0.2, 0.25) is 0 Å². The van der Waals surface area contributed by atoms with E-state index in [0.29, 0.717) is 0 Å². The van der Waals surface area contributed by atoms with Crippen LogP contribution in [0, 0.1) is 9.49 Å². The molecule has 1 unspecified atom stereocenters. The summed E-state index contributed by atoms with van der Waals surface area (Å²) in [7, 11) is 0. The smallest absolute Gasteiger partial charge is 0.0892 e. The third-order valence-corrected chi connectivity index (χ3v) is 5.85. The van der Waals surface area contributed by atoms with E-state index in [4.69, 9.17) is 0 Å². The molecular weight excluding hydrogens is 331 g/mol. The van der Waals surface area contributed by atoms with Crippen LogP contribution < -0.4 is 0 Å². The van der Waals surface area contributed by atoms with E-state index in [1.54, 1.807) is 11.3 Å². The van der Waals surface area contributed by atoms with Gasteiger partial charge in [-0.05, 0) is 52.8 Å². The second kappa shape index (κ2) is 6.36. The maximum absolute atomic E-state index is 10.1. The molecule has 1 aliphatic carbocycles. The summed E-state index contributed by atoms with van der Waals surface area (Å²) in [5.41, 5.74) is 0. The van der Waals surface area contributed by atoms with Gasteiger partial charge in [-0.2, -0.15) is 0 Å². The molecule has 0 aliphatic heterocycles. The minimum atomic E-state index is -0.228. The van der Waals surface area contributed by atoms with Gasteiger partial charge in [0.1, 0.15) is 0 Å². The number of rotatable bonds is 4. The predicted molar refractivity (Wildman–Crippen MR) is 77.8 cm³/mol. The molecule has 1 fully saturated rings. The average molecular weight is 350 g/mol. The van der Waals surface area contributed by atoms with Gasteiger partial charge >= 0.3 is 0 Å². The van der Waals surface area contributed by atoms with Gasteiger partial charge in [0.2, 0.25) is 0 Å². The summed E-state index contributed by atoms with van der Waals surface area (Å²) >= 11 is 4.00.